The number of nitrogens with two attached hydrogens (primary N) is 1. The summed E-state index contributed by atoms with van der Waals surface area (Å²) < 4.78 is 22.1. The summed E-state index contributed by atoms with van der Waals surface area (Å²) in [5.41, 5.74) is 0.566. The Labute approximate surface area is 107 Å². The van der Waals surface area contributed by atoms with Gasteiger partial charge < -0.3 is 5.32 Å². The minimum atomic E-state index is -3.68. The second-order valence-electron chi connectivity index (χ2n) is 4.55. The van der Waals surface area contributed by atoms with Crippen LogP contribution in [-0.4, -0.2) is 14.3 Å². The van der Waals surface area contributed by atoms with E-state index in [1.54, 1.807) is 0 Å². The molecule has 0 unspecified atom stereocenters. The van der Waals surface area contributed by atoms with Gasteiger partial charge in [-0.05, 0) is 36.6 Å². The number of hydrogen-bond acceptors (Lipinski definition) is 3. The molecule has 0 heterocycles. The van der Waals surface area contributed by atoms with Crippen molar-refractivity contribution in [2.75, 3.05) is 5.32 Å². The van der Waals surface area contributed by atoms with Crippen molar-refractivity contribution >= 4 is 21.6 Å². The van der Waals surface area contributed by atoms with Crippen LogP contribution in [-0.2, 0) is 14.8 Å². The molecule has 18 heavy (non-hydrogen) atoms. The van der Waals surface area contributed by atoms with E-state index in [-0.39, 0.29) is 10.8 Å². The first kappa shape index (κ1) is 14.7. The fourth-order valence-corrected chi connectivity index (χ4v) is 1.89. The molecule has 1 amide bonds. The Morgan fingerprint density at radius 3 is 2.28 bits per heavy atom. The average Bonchev–Trinajstić information content (AvgIpc) is 2.26. The summed E-state index contributed by atoms with van der Waals surface area (Å²) in [4.78, 5) is 11.6. The summed E-state index contributed by atoms with van der Waals surface area (Å²) in [6.45, 7) is 4.10. The molecule has 100 valence electrons. The molecule has 0 atom stereocenters. The second kappa shape index (κ2) is 5.97. The van der Waals surface area contributed by atoms with Crippen molar-refractivity contribution in [3.63, 3.8) is 0 Å². The van der Waals surface area contributed by atoms with Gasteiger partial charge in [0.2, 0.25) is 15.9 Å². The molecule has 0 radical (unpaired) electrons. The maximum Gasteiger partial charge on any atom is 0.238 e. The highest BCUT2D eigenvalue weighted by Crippen LogP contribution is 2.13. The fraction of sp³-hybridized carbons (Fsp3) is 0.417. The summed E-state index contributed by atoms with van der Waals surface area (Å²) in [5, 5.41) is 7.68. The summed E-state index contributed by atoms with van der Waals surface area (Å²) >= 11 is 0. The minimum Gasteiger partial charge on any atom is -0.326 e. The normalized spacial score (nSPS) is 11.6. The predicted octanol–water partition coefficient (Wildman–Crippen LogP) is 1.71. The van der Waals surface area contributed by atoms with E-state index in [1.807, 2.05) is 13.8 Å². The van der Waals surface area contributed by atoms with Gasteiger partial charge in [-0.3, -0.25) is 4.79 Å². The Balaban J connectivity index is 2.62. The lowest BCUT2D eigenvalue weighted by Crippen LogP contribution is -2.14. The molecule has 5 nitrogen and oxygen atoms in total. The van der Waals surface area contributed by atoms with E-state index >= 15 is 0 Å². The Bertz CT molecular complexity index is 507. The van der Waals surface area contributed by atoms with Crippen molar-refractivity contribution in [1.82, 2.24) is 0 Å². The van der Waals surface area contributed by atoms with E-state index in [4.69, 9.17) is 5.14 Å². The Morgan fingerprint density at radius 1 is 1.28 bits per heavy atom. The van der Waals surface area contributed by atoms with Crippen LogP contribution in [0.3, 0.4) is 0 Å². The van der Waals surface area contributed by atoms with Crippen molar-refractivity contribution in [1.29, 1.82) is 0 Å². The summed E-state index contributed by atoms with van der Waals surface area (Å²) in [6.07, 6.45) is 1.27. The number of anilines is 1. The Morgan fingerprint density at radius 2 is 1.83 bits per heavy atom. The van der Waals surface area contributed by atoms with Crippen LogP contribution >= 0.6 is 0 Å². The van der Waals surface area contributed by atoms with E-state index in [2.05, 4.69) is 5.32 Å². The Kier molecular flexibility index (Phi) is 4.86. The van der Waals surface area contributed by atoms with Crippen LogP contribution in [0.25, 0.3) is 0 Å². The molecule has 1 aromatic carbocycles. The van der Waals surface area contributed by atoms with Crippen LogP contribution < -0.4 is 10.5 Å². The van der Waals surface area contributed by atoms with Crippen molar-refractivity contribution in [2.24, 2.45) is 11.1 Å². The van der Waals surface area contributed by atoms with E-state index in [1.165, 1.54) is 24.3 Å². The third-order valence-electron chi connectivity index (χ3n) is 2.42. The van der Waals surface area contributed by atoms with E-state index < -0.39 is 10.0 Å². The molecule has 1 rings (SSSR count). The van der Waals surface area contributed by atoms with Gasteiger partial charge in [0.05, 0.1) is 4.90 Å². The molecular weight excluding hydrogens is 252 g/mol. The topological polar surface area (TPSA) is 89.3 Å². The van der Waals surface area contributed by atoms with Crippen LogP contribution in [0.5, 0.6) is 0 Å². The van der Waals surface area contributed by atoms with Gasteiger partial charge >= 0.3 is 0 Å². The molecule has 0 saturated heterocycles. The fourth-order valence-electron chi connectivity index (χ4n) is 1.37. The SMILES string of the molecule is CC(C)CCC(=O)Nc1ccc(S(N)(=O)=O)cc1. The number of carbonyl (C=O) groups excluding carboxylic acids is 1. The largest absolute Gasteiger partial charge is 0.326 e. The van der Waals surface area contributed by atoms with Gasteiger partial charge in [0, 0.05) is 12.1 Å². The number of benzene rings is 1. The zero-order chi connectivity index (χ0) is 13.8. The molecule has 6 heteroatoms. The molecule has 0 saturated carbocycles. The summed E-state index contributed by atoms with van der Waals surface area (Å²) in [5.74, 6) is 0.396. The first-order chi connectivity index (χ1) is 8.29. The van der Waals surface area contributed by atoms with Crippen molar-refractivity contribution in [2.45, 2.75) is 31.6 Å². The predicted molar refractivity (Wildman–Crippen MR) is 70.5 cm³/mol. The molecule has 0 aliphatic rings. The van der Waals surface area contributed by atoms with Gasteiger partial charge in [0.25, 0.3) is 0 Å². The average molecular weight is 270 g/mol. The van der Waals surface area contributed by atoms with Gasteiger partial charge in [-0.1, -0.05) is 13.8 Å². The monoisotopic (exact) mass is 270 g/mol. The smallest absolute Gasteiger partial charge is 0.238 e. The third kappa shape index (κ3) is 4.85. The zero-order valence-electron chi connectivity index (χ0n) is 10.5. The maximum atomic E-state index is 11.5. The first-order valence-electron chi connectivity index (χ1n) is 5.72. The highest BCUT2D eigenvalue weighted by atomic mass is 32.2. The van der Waals surface area contributed by atoms with Crippen molar-refractivity contribution in [3.05, 3.63) is 24.3 Å². The van der Waals surface area contributed by atoms with Gasteiger partial charge in [-0.2, -0.15) is 0 Å². The summed E-state index contributed by atoms with van der Waals surface area (Å²) in [6, 6.07) is 5.78. The molecule has 0 aliphatic carbocycles. The molecule has 3 N–H and O–H groups in total. The van der Waals surface area contributed by atoms with Crippen LogP contribution in [0.15, 0.2) is 29.2 Å². The molecule has 1 aromatic rings. The summed E-state index contributed by atoms with van der Waals surface area (Å²) in [7, 11) is -3.68. The quantitative estimate of drug-likeness (QED) is 0.853. The van der Waals surface area contributed by atoms with Crippen molar-refractivity contribution < 1.29 is 13.2 Å². The van der Waals surface area contributed by atoms with E-state index in [0.29, 0.717) is 18.0 Å². The standard InChI is InChI=1S/C12H18N2O3S/c1-9(2)3-8-12(15)14-10-4-6-11(7-5-10)18(13,16)17/h4-7,9H,3,8H2,1-2H3,(H,14,15)(H2,13,16,17). The number of hydrogen-bond donors (Lipinski definition) is 2. The van der Waals surface area contributed by atoms with Gasteiger partial charge in [-0.25, -0.2) is 13.6 Å². The number of nitrogens with one attached hydrogen (secondary N) is 1. The molecule has 0 bridgehead atoms. The lowest BCUT2D eigenvalue weighted by Gasteiger charge is -2.07. The zero-order valence-corrected chi connectivity index (χ0v) is 11.3. The number of rotatable bonds is 5. The number of sulfonamides is 1. The molecule has 0 fully saturated rings. The Hall–Kier alpha value is -1.40. The molecule has 0 aromatic heterocycles. The lowest BCUT2D eigenvalue weighted by molar-refractivity contribution is -0.116. The van der Waals surface area contributed by atoms with Crippen LogP contribution in [0.2, 0.25) is 0 Å². The molecular formula is C12H18N2O3S. The lowest BCUT2D eigenvalue weighted by atomic mass is 10.1. The number of amides is 1. The number of carbonyl (C=O) groups is 1. The first-order valence-corrected chi connectivity index (χ1v) is 7.26. The van der Waals surface area contributed by atoms with E-state index in [0.717, 1.165) is 6.42 Å². The molecule has 0 aliphatic heterocycles. The maximum absolute atomic E-state index is 11.5. The van der Waals surface area contributed by atoms with Gasteiger partial charge in [0.1, 0.15) is 0 Å². The van der Waals surface area contributed by atoms with E-state index in [9.17, 15) is 13.2 Å². The number of primary sulfonamides is 1. The van der Waals surface area contributed by atoms with Crippen LogP contribution in [0.1, 0.15) is 26.7 Å². The minimum absolute atomic E-state index is 0.0303. The highest BCUT2D eigenvalue weighted by molar-refractivity contribution is 7.89. The third-order valence-corrected chi connectivity index (χ3v) is 3.34. The van der Waals surface area contributed by atoms with Crippen LogP contribution in [0, 0.1) is 5.92 Å². The highest BCUT2D eigenvalue weighted by Gasteiger charge is 2.08. The second-order valence-corrected chi connectivity index (χ2v) is 6.11. The van der Waals surface area contributed by atoms with Crippen LogP contribution in [0.4, 0.5) is 5.69 Å². The van der Waals surface area contributed by atoms with Gasteiger partial charge in [0.15, 0.2) is 0 Å². The van der Waals surface area contributed by atoms with Crippen molar-refractivity contribution in [3.8, 4) is 0 Å². The molecule has 0 spiro atoms. The van der Waals surface area contributed by atoms with Gasteiger partial charge in [-0.15, -0.1) is 0 Å².